The number of fused-ring (bicyclic) bond motifs is 3. The monoisotopic (exact) mass is 377 g/mol. The predicted molar refractivity (Wildman–Crippen MR) is 97.2 cm³/mol. The number of amides is 1. The van der Waals surface area contributed by atoms with Crippen LogP contribution in [-0.2, 0) is 9.47 Å². The van der Waals surface area contributed by atoms with Gasteiger partial charge in [-0.3, -0.25) is 4.79 Å². The quantitative estimate of drug-likeness (QED) is 0.856. The van der Waals surface area contributed by atoms with Gasteiger partial charge < -0.3 is 29.0 Å². The SMILES string of the molecule is COc1cccc(OC)c1C(=O)N1C[C@@H]2COCC[C@]2(O)[C@H]2COCC[C@H]21. The highest BCUT2D eigenvalue weighted by atomic mass is 16.5. The molecule has 1 aromatic carbocycles. The van der Waals surface area contributed by atoms with Crippen LogP contribution in [0.2, 0.25) is 0 Å². The van der Waals surface area contributed by atoms with Crippen molar-refractivity contribution >= 4 is 5.91 Å². The van der Waals surface area contributed by atoms with E-state index in [0.29, 0.717) is 62.9 Å². The average Bonchev–Trinajstić information content (AvgIpc) is 2.72. The third-order valence-corrected chi connectivity index (χ3v) is 6.35. The Morgan fingerprint density at radius 2 is 1.89 bits per heavy atom. The Morgan fingerprint density at radius 1 is 1.19 bits per heavy atom. The van der Waals surface area contributed by atoms with Crippen molar-refractivity contribution < 1.29 is 28.8 Å². The maximum atomic E-state index is 13.6. The zero-order valence-corrected chi connectivity index (χ0v) is 15.8. The molecule has 4 atom stereocenters. The molecule has 0 spiro atoms. The van der Waals surface area contributed by atoms with Crippen molar-refractivity contribution in [2.24, 2.45) is 11.8 Å². The van der Waals surface area contributed by atoms with Crippen LogP contribution >= 0.6 is 0 Å². The summed E-state index contributed by atoms with van der Waals surface area (Å²) in [5.74, 6) is 0.610. The first kappa shape index (κ1) is 18.5. The molecule has 1 aromatic rings. The van der Waals surface area contributed by atoms with Crippen molar-refractivity contribution in [2.45, 2.75) is 24.5 Å². The van der Waals surface area contributed by atoms with Gasteiger partial charge in [0.2, 0.25) is 0 Å². The molecule has 0 unspecified atom stereocenters. The summed E-state index contributed by atoms with van der Waals surface area (Å²) in [6.45, 7) is 2.50. The standard InChI is InChI=1S/C20H27NO6/c1-24-16-4-3-5-17(25-2)18(16)19(22)21-10-13-11-27-9-7-20(13,23)14-12-26-8-6-15(14)21/h3-5,13-15,23H,6-12H2,1-2H3/t13-,14+,15-,20-/m1/s1. The summed E-state index contributed by atoms with van der Waals surface area (Å²) in [4.78, 5) is 15.5. The Labute approximate surface area is 159 Å². The third kappa shape index (κ3) is 2.98. The number of benzene rings is 1. The Hall–Kier alpha value is -1.83. The van der Waals surface area contributed by atoms with Crippen LogP contribution in [-0.4, -0.2) is 74.7 Å². The molecule has 7 heteroatoms. The molecule has 1 N–H and O–H groups in total. The second kappa shape index (κ2) is 7.30. The first-order chi connectivity index (χ1) is 13.1. The van der Waals surface area contributed by atoms with Crippen LogP contribution in [0, 0.1) is 11.8 Å². The Balaban J connectivity index is 1.72. The van der Waals surface area contributed by atoms with Crippen molar-refractivity contribution in [3.8, 4) is 11.5 Å². The highest BCUT2D eigenvalue weighted by Crippen LogP contribution is 2.45. The van der Waals surface area contributed by atoms with Crippen molar-refractivity contribution in [1.82, 2.24) is 4.90 Å². The van der Waals surface area contributed by atoms with Gasteiger partial charge in [-0.25, -0.2) is 0 Å². The van der Waals surface area contributed by atoms with Crippen molar-refractivity contribution in [3.05, 3.63) is 23.8 Å². The van der Waals surface area contributed by atoms with Crippen LogP contribution in [0.4, 0.5) is 0 Å². The summed E-state index contributed by atoms with van der Waals surface area (Å²) in [5, 5.41) is 11.4. The summed E-state index contributed by atoms with van der Waals surface area (Å²) >= 11 is 0. The molecule has 148 valence electrons. The number of nitrogens with zero attached hydrogens (tertiary/aromatic N) is 1. The Morgan fingerprint density at radius 3 is 2.59 bits per heavy atom. The number of carbonyl (C=O) groups excluding carboxylic acids is 1. The van der Waals surface area contributed by atoms with Gasteiger partial charge in [0, 0.05) is 44.1 Å². The molecule has 3 aliphatic heterocycles. The molecule has 3 aliphatic rings. The number of rotatable bonds is 3. The van der Waals surface area contributed by atoms with Crippen molar-refractivity contribution in [2.75, 3.05) is 47.2 Å². The van der Waals surface area contributed by atoms with Gasteiger partial charge in [-0.1, -0.05) is 6.07 Å². The molecule has 0 bridgehead atoms. The van der Waals surface area contributed by atoms with E-state index in [0.717, 1.165) is 0 Å². The number of piperidine rings is 1. The van der Waals surface area contributed by atoms with Crippen LogP contribution in [0.3, 0.4) is 0 Å². The van der Waals surface area contributed by atoms with E-state index in [-0.39, 0.29) is 23.8 Å². The van der Waals surface area contributed by atoms with Crippen LogP contribution in [0.15, 0.2) is 18.2 Å². The van der Waals surface area contributed by atoms with Crippen molar-refractivity contribution in [1.29, 1.82) is 0 Å². The molecule has 0 aromatic heterocycles. The van der Waals surface area contributed by atoms with E-state index in [1.54, 1.807) is 32.4 Å². The maximum absolute atomic E-state index is 13.6. The normalized spacial score (nSPS) is 33.0. The molecule has 3 heterocycles. The van der Waals surface area contributed by atoms with Gasteiger partial charge in [0.15, 0.2) is 0 Å². The minimum absolute atomic E-state index is 0.0692. The zero-order chi connectivity index (χ0) is 19.0. The van der Waals surface area contributed by atoms with Crippen LogP contribution < -0.4 is 9.47 Å². The highest BCUT2D eigenvalue weighted by Gasteiger charge is 2.56. The van der Waals surface area contributed by atoms with Gasteiger partial charge in [-0.2, -0.15) is 0 Å². The van der Waals surface area contributed by atoms with E-state index < -0.39 is 5.60 Å². The molecular weight excluding hydrogens is 350 g/mol. The van der Waals surface area contributed by atoms with E-state index >= 15 is 0 Å². The van der Waals surface area contributed by atoms with E-state index in [9.17, 15) is 9.90 Å². The van der Waals surface area contributed by atoms with Crippen LogP contribution in [0.1, 0.15) is 23.2 Å². The summed E-state index contributed by atoms with van der Waals surface area (Å²) in [7, 11) is 3.10. The fourth-order valence-electron chi connectivity index (χ4n) is 4.90. The molecule has 3 saturated heterocycles. The summed E-state index contributed by atoms with van der Waals surface area (Å²) in [6.07, 6.45) is 1.30. The zero-order valence-electron chi connectivity index (χ0n) is 15.8. The maximum Gasteiger partial charge on any atom is 0.261 e. The number of likely N-dealkylation sites (tertiary alicyclic amines) is 1. The van der Waals surface area contributed by atoms with E-state index in [1.165, 1.54) is 0 Å². The molecular formula is C20H27NO6. The lowest BCUT2D eigenvalue weighted by Gasteiger charge is -2.57. The molecule has 0 radical (unpaired) electrons. The highest BCUT2D eigenvalue weighted by molar-refractivity contribution is 6.00. The van der Waals surface area contributed by atoms with Crippen LogP contribution in [0.5, 0.6) is 11.5 Å². The number of aliphatic hydroxyl groups is 1. The van der Waals surface area contributed by atoms with E-state index in [4.69, 9.17) is 18.9 Å². The summed E-state index contributed by atoms with van der Waals surface area (Å²) in [6, 6.07) is 5.26. The second-order valence-electron chi connectivity index (χ2n) is 7.55. The predicted octanol–water partition coefficient (Wildman–Crippen LogP) is 1.33. The minimum Gasteiger partial charge on any atom is -0.496 e. The van der Waals surface area contributed by atoms with Gasteiger partial charge in [0.1, 0.15) is 17.1 Å². The molecule has 0 saturated carbocycles. The van der Waals surface area contributed by atoms with Crippen molar-refractivity contribution in [3.63, 3.8) is 0 Å². The van der Waals surface area contributed by atoms with Crippen LogP contribution in [0.25, 0.3) is 0 Å². The molecule has 27 heavy (non-hydrogen) atoms. The van der Waals surface area contributed by atoms with Gasteiger partial charge in [-0.15, -0.1) is 0 Å². The number of methoxy groups -OCH3 is 2. The lowest BCUT2D eigenvalue weighted by atomic mass is 9.66. The summed E-state index contributed by atoms with van der Waals surface area (Å²) < 4.78 is 22.2. The average molecular weight is 377 g/mol. The lowest BCUT2D eigenvalue weighted by Crippen LogP contribution is -2.68. The molecule has 1 amide bonds. The minimum atomic E-state index is -0.842. The first-order valence-corrected chi connectivity index (χ1v) is 9.50. The molecule has 3 fully saturated rings. The molecule has 0 aliphatic carbocycles. The third-order valence-electron chi connectivity index (χ3n) is 6.35. The van der Waals surface area contributed by atoms with Gasteiger partial charge in [-0.05, 0) is 18.6 Å². The second-order valence-corrected chi connectivity index (χ2v) is 7.55. The molecule has 7 nitrogen and oxygen atoms in total. The van der Waals surface area contributed by atoms with E-state index in [1.807, 2.05) is 4.90 Å². The van der Waals surface area contributed by atoms with Gasteiger partial charge in [0.05, 0.1) is 33.0 Å². The smallest absolute Gasteiger partial charge is 0.261 e. The Bertz CT molecular complexity index is 687. The number of hydrogen-bond donors (Lipinski definition) is 1. The first-order valence-electron chi connectivity index (χ1n) is 9.50. The number of hydrogen-bond acceptors (Lipinski definition) is 6. The number of carbonyl (C=O) groups is 1. The number of ether oxygens (including phenoxy) is 4. The lowest BCUT2D eigenvalue weighted by molar-refractivity contribution is -0.212. The Kier molecular flexibility index (Phi) is 5.01. The summed E-state index contributed by atoms with van der Waals surface area (Å²) in [5.41, 5.74) is -0.416. The van der Waals surface area contributed by atoms with E-state index in [2.05, 4.69) is 0 Å². The van der Waals surface area contributed by atoms with Gasteiger partial charge >= 0.3 is 0 Å². The fourth-order valence-corrected chi connectivity index (χ4v) is 4.90. The van der Waals surface area contributed by atoms with Gasteiger partial charge in [0.25, 0.3) is 5.91 Å². The largest absolute Gasteiger partial charge is 0.496 e. The molecule has 4 rings (SSSR count). The topological polar surface area (TPSA) is 77.5 Å². The fraction of sp³-hybridized carbons (Fsp3) is 0.650.